The van der Waals surface area contributed by atoms with Gasteiger partial charge in [-0.1, -0.05) is 6.07 Å². The zero-order chi connectivity index (χ0) is 22.0. The van der Waals surface area contributed by atoms with Gasteiger partial charge in [-0.25, -0.2) is 4.98 Å². The largest absolute Gasteiger partial charge is 0.491 e. The first kappa shape index (κ1) is 19.8. The molecule has 7 rings (SSSR count). The van der Waals surface area contributed by atoms with Crippen molar-refractivity contribution in [3.05, 3.63) is 46.0 Å². The Balaban J connectivity index is 1.17. The Morgan fingerprint density at radius 2 is 2.06 bits per heavy atom. The van der Waals surface area contributed by atoms with Crippen LogP contribution in [0.15, 0.2) is 24.3 Å². The molecule has 1 amide bonds. The quantitative estimate of drug-likeness (QED) is 0.570. The molecule has 32 heavy (non-hydrogen) atoms. The predicted octanol–water partition coefficient (Wildman–Crippen LogP) is 2.78. The molecule has 0 radical (unpaired) electrons. The fraction of sp³-hybridized carbons (Fsp3) is 0.417. The summed E-state index contributed by atoms with van der Waals surface area (Å²) < 4.78 is 6.07. The number of anilines is 2. The van der Waals surface area contributed by atoms with Crippen molar-refractivity contribution in [3.8, 4) is 5.75 Å². The molecule has 2 aromatic heterocycles. The van der Waals surface area contributed by atoms with E-state index in [1.165, 1.54) is 23.4 Å². The van der Waals surface area contributed by atoms with Crippen LogP contribution in [0.25, 0.3) is 10.2 Å². The Morgan fingerprint density at radius 1 is 1.28 bits per heavy atom. The third kappa shape index (κ3) is 3.29. The Kier molecular flexibility index (Phi) is 4.55. The van der Waals surface area contributed by atoms with E-state index in [1.807, 2.05) is 19.9 Å². The summed E-state index contributed by atoms with van der Waals surface area (Å²) in [6.45, 7) is 6.52. The van der Waals surface area contributed by atoms with E-state index < -0.39 is 0 Å². The minimum Gasteiger partial charge on any atom is -0.491 e. The number of ether oxygens (including phenoxy) is 1. The van der Waals surface area contributed by atoms with Crippen molar-refractivity contribution >= 4 is 38.8 Å². The van der Waals surface area contributed by atoms with Crippen LogP contribution in [0.4, 0.5) is 11.4 Å². The van der Waals surface area contributed by atoms with Crippen LogP contribution in [-0.4, -0.2) is 48.7 Å². The van der Waals surface area contributed by atoms with Gasteiger partial charge in [0.2, 0.25) is 0 Å². The number of piperidine rings is 1. The van der Waals surface area contributed by atoms with E-state index in [9.17, 15) is 4.79 Å². The van der Waals surface area contributed by atoms with Gasteiger partial charge in [0.15, 0.2) is 0 Å². The highest BCUT2D eigenvalue weighted by molar-refractivity contribution is 7.21. The van der Waals surface area contributed by atoms with Crippen LogP contribution in [-0.2, 0) is 6.42 Å². The van der Waals surface area contributed by atoms with Gasteiger partial charge in [-0.3, -0.25) is 4.79 Å². The number of nitrogen functional groups attached to an aromatic ring is 1. The maximum absolute atomic E-state index is 13.0. The van der Waals surface area contributed by atoms with Gasteiger partial charge in [0.05, 0.1) is 11.7 Å². The summed E-state index contributed by atoms with van der Waals surface area (Å²) in [4.78, 5) is 21.4. The number of piperazine rings is 1. The van der Waals surface area contributed by atoms with Gasteiger partial charge in [0.1, 0.15) is 22.1 Å². The molecule has 0 saturated carbocycles. The smallest absolute Gasteiger partial charge is 0.263 e. The second-order valence-corrected chi connectivity index (χ2v) is 10.3. The monoisotopic (exact) mass is 449 g/mol. The molecular weight excluding hydrogens is 422 g/mol. The Morgan fingerprint density at radius 3 is 2.84 bits per heavy atom. The molecule has 8 heteroatoms. The van der Waals surface area contributed by atoms with E-state index >= 15 is 0 Å². The number of nitrogens with one attached hydrogen (secondary N) is 2. The molecule has 4 aliphatic heterocycles. The van der Waals surface area contributed by atoms with Crippen molar-refractivity contribution in [1.29, 1.82) is 0 Å². The lowest BCUT2D eigenvalue weighted by molar-refractivity contribution is 0.0920. The van der Waals surface area contributed by atoms with E-state index in [-0.39, 0.29) is 11.9 Å². The molecule has 2 unspecified atom stereocenters. The van der Waals surface area contributed by atoms with Gasteiger partial charge >= 0.3 is 0 Å². The summed E-state index contributed by atoms with van der Waals surface area (Å²) in [7, 11) is 0. The first-order valence-corrected chi connectivity index (χ1v) is 12.0. The van der Waals surface area contributed by atoms with Crippen molar-refractivity contribution in [2.75, 3.05) is 30.3 Å². The van der Waals surface area contributed by atoms with E-state index in [0.717, 1.165) is 52.3 Å². The lowest BCUT2D eigenvalue weighted by Crippen LogP contribution is -2.67. The molecule has 6 heterocycles. The number of nitrogens with zero attached hydrogens (tertiary/aromatic N) is 2. The number of rotatable bonds is 3. The molecule has 7 nitrogen and oxygen atoms in total. The summed E-state index contributed by atoms with van der Waals surface area (Å²) >= 11 is 1.36. The van der Waals surface area contributed by atoms with Crippen LogP contribution < -0.4 is 26.0 Å². The first-order chi connectivity index (χ1) is 15.4. The molecule has 3 saturated heterocycles. The van der Waals surface area contributed by atoms with Crippen LogP contribution in [0, 0.1) is 13.8 Å². The molecule has 166 valence electrons. The van der Waals surface area contributed by atoms with Gasteiger partial charge < -0.3 is 26.0 Å². The fourth-order valence-corrected chi connectivity index (χ4v) is 6.38. The van der Waals surface area contributed by atoms with E-state index in [1.54, 1.807) is 0 Å². The highest BCUT2D eigenvalue weighted by Gasteiger charge is 2.36. The number of aromatic nitrogens is 1. The number of hydrogen-bond acceptors (Lipinski definition) is 7. The molecular formula is C24H27N5O2S. The third-order valence-corrected chi connectivity index (χ3v) is 7.91. The van der Waals surface area contributed by atoms with Crippen LogP contribution in [0.1, 0.15) is 32.9 Å². The maximum atomic E-state index is 13.0. The van der Waals surface area contributed by atoms with Gasteiger partial charge in [0, 0.05) is 48.0 Å². The topological polar surface area (TPSA) is 92.5 Å². The Bertz CT molecular complexity index is 1220. The van der Waals surface area contributed by atoms with Gasteiger partial charge in [-0.2, -0.15) is 0 Å². The number of carbonyl (C=O) groups is 1. The Labute approximate surface area is 191 Å². The van der Waals surface area contributed by atoms with Crippen molar-refractivity contribution in [1.82, 2.24) is 15.6 Å². The molecule has 3 fully saturated rings. The number of fused-ring (bicyclic) bond motifs is 4. The number of aryl methyl sites for hydroxylation is 2. The number of hydrogen-bond donors (Lipinski definition) is 3. The van der Waals surface area contributed by atoms with E-state index in [4.69, 9.17) is 10.5 Å². The van der Waals surface area contributed by atoms with Crippen LogP contribution in [0.5, 0.6) is 5.75 Å². The van der Waals surface area contributed by atoms with Crippen LogP contribution in [0.3, 0.4) is 0 Å². The van der Waals surface area contributed by atoms with Gasteiger partial charge in [0.25, 0.3) is 5.91 Å². The summed E-state index contributed by atoms with van der Waals surface area (Å²) in [5.41, 5.74) is 11.2. The number of thiophene rings is 1. The van der Waals surface area contributed by atoms with Crippen LogP contribution >= 0.6 is 11.3 Å². The zero-order valence-corrected chi connectivity index (χ0v) is 19.1. The second-order valence-electron chi connectivity index (χ2n) is 9.28. The standard InChI is InChI=1S/C24H27N5O2S/c1-12-5-13(2)26-24-20(12)21(25)22(32-24)23(30)28-17-6-14-3-4-18(8-19(14)31-11-17)29-9-15-7-16(10-29)27-15/h3-5,8,15-17,27H,6-7,9-11,25H2,1-2H3,(H,28,30)/t15?,16?,17-/m1/s1. The number of benzene rings is 1. The molecule has 0 aliphatic carbocycles. The second kappa shape index (κ2) is 7.35. The molecule has 1 aromatic carbocycles. The normalized spacial score (nSPS) is 23.9. The maximum Gasteiger partial charge on any atom is 0.263 e. The highest BCUT2D eigenvalue weighted by atomic mass is 32.1. The van der Waals surface area contributed by atoms with Crippen molar-refractivity contribution < 1.29 is 9.53 Å². The third-order valence-electron chi connectivity index (χ3n) is 6.81. The average Bonchev–Trinajstić information content (AvgIpc) is 3.09. The number of pyridine rings is 1. The summed E-state index contributed by atoms with van der Waals surface area (Å²) in [5, 5.41) is 7.58. The van der Waals surface area contributed by atoms with Crippen molar-refractivity contribution in [3.63, 3.8) is 0 Å². The molecule has 4 aliphatic rings. The fourth-order valence-electron chi connectivity index (χ4n) is 5.26. The van der Waals surface area contributed by atoms with Crippen LogP contribution in [0.2, 0.25) is 0 Å². The SMILES string of the molecule is Cc1cc(C)c2c(N)c(C(=O)N[C@H]3COc4cc(N5CC6CC(C5)N6)ccc4C3)sc2n1. The summed E-state index contributed by atoms with van der Waals surface area (Å²) in [6.07, 6.45) is 2.04. The van der Waals surface area contributed by atoms with E-state index in [2.05, 4.69) is 38.7 Å². The minimum atomic E-state index is -0.156. The van der Waals surface area contributed by atoms with Crippen molar-refractivity contribution in [2.45, 2.75) is 44.8 Å². The molecule has 4 N–H and O–H groups in total. The first-order valence-electron chi connectivity index (χ1n) is 11.2. The number of nitrogens with two attached hydrogens (primary N) is 1. The zero-order valence-electron chi connectivity index (χ0n) is 18.3. The highest BCUT2D eigenvalue weighted by Crippen LogP contribution is 2.36. The summed E-state index contributed by atoms with van der Waals surface area (Å²) in [5.74, 6) is 0.771. The molecule has 2 bridgehead atoms. The lowest BCUT2D eigenvalue weighted by Gasteiger charge is -2.49. The van der Waals surface area contributed by atoms with Gasteiger partial charge in [-0.15, -0.1) is 11.3 Å². The lowest BCUT2D eigenvalue weighted by atomic mass is 9.91. The average molecular weight is 450 g/mol. The minimum absolute atomic E-state index is 0.0897. The summed E-state index contributed by atoms with van der Waals surface area (Å²) in [6, 6.07) is 9.62. The molecule has 3 atom stereocenters. The number of amides is 1. The van der Waals surface area contributed by atoms with Gasteiger partial charge in [-0.05, 0) is 49.9 Å². The number of carbonyl (C=O) groups excluding carboxylic acids is 1. The van der Waals surface area contributed by atoms with E-state index in [0.29, 0.717) is 29.3 Å². The molecule has 0 spiro atoms. The predicted molar refractivity (Wildman–Crippen MR) is 128 cm³/mol. The Hall–Kier alpha value is -2.84. The van der Waals surface area contributed by atoms with Crippen molar-refractivity contribution in [2.24, 2.45) is 0 Å². The molecule has 3 aromatic rings.